The molecule has 0 aromatic carbocycles. The van der Waals surface area contributed by atoms with Gasteiger partial charge in [0, 0.05) is 0 Å². The third-order valence-corrected chi connectivity index (χ3v) is 2.75. The van der Waals surface area contributed by atoms with Crippen molar-refractivity contribution in [2.24, 2.45) is 0 Å². The molecule has 0 aromatic rings. The largest absolute Gasteiger partial charge is 0.308 e. The van der Waals surface area contributed by atoms with Crippen LogP contribution in [-0.4, -0.2) is 19.8 Å². The van der Waals surface area contributed by atoms with Gasteiger partial charge in [0.25, 0.3) is 0 Å². The van der Waals surface area contributed by atoms with Crippen molar-refractivity contribution in [2.45, 2.75) is 24.3 Å². The smallest absolute Gasteiger partial charge is 0.246 e. The van der Waals surface area contributed by atoms with E-state index in [4.69, 9.17) is 0 Å². The predicted octanol–water partition coefficient (Wildman–Crippen LogP) is 0.786. The maximum absolute atomic E-state index is 12.1. The van der Waals surface area contributed by atoms with E-state index in [9.17, 15) is 16.7 Å². The lowest BCUT2D eigenvalue weighted by Gasteiger charge is -2.25. The Hall–Kier alpha value is -0.190. The van der Waals surface area contributed by atoms with E-state index in [0.717, 1.165) is 0 Å². The molecule has 0 heterocycles. The molecule has 1 rings (SSSR count). The van der Waals surface area contributed by atoms with E-state index in [1.165, 1.54) is 0 Å². The van der Waals surface area contributed by atoms with Crippen LogP contribution in [0.2, 0.25) is 0 Å². The average Bonchev–Trinajstić information content (AvgIpc) is 1.57. The number of halogens is 2. The van der Waals surface area contributed by atoms with Crippen LogP contribution < -0.4 is 0 Å². The zero-order valence-corrected chi connectivity index (χ0v) is 5.37. The summed E-state index contributed by atoms with van der Waals surface area (Å²) in [6.45, 7) is 0. The lowest BCUT2D eigenvalue weighted by molar-refractivity contribution is 0.211. The summed E-state index contributed by atoms with van der Waals surface area (Å²) < 4.78 is 43.7. The fraction of sp³-hybridized carbons (Fsp3) is 1.00. The average molecular weight is 156 g/mol. The summed E-state index contributed by atoms with van der Waals surface area (Å²) >= 11 is 0. The van der Waals surface area contributed by atoms with E-state index in [2.05, 4.69) is 0 Å². The number of hydrogen-bond donors (Lipinski definition) is 0. The molecule has 1 aliphatic carbocycles. The molecule has 9 heavy (non-hydrogen) atoms. The molecule has 0 saturated heterocycles. The third kappa shape index (κ3) is 1.20. The van der Waals surface area contributed by atoms with Crippen molar-refractivity contribution >= 4 is 10.2 Å². The monoisotopic (exact) mass is 156 g/mol. The summed E-state index contributed by atoms with van der Waals surface area (Å²) in [6.07, 6.45) is -1.17. The summed E-state index contributed by atoms with van der Waals surface area (Å²) in [7, 11) is -4.59. The number of hydrogen-bond acceptors (Lipinski definition) is 2. The molecule has 0 bridgehead atoms. The summed E-state index contributed by atoms with van der Waals surface area (Å²) in [4.78, 5) is 0. The van der Waals surface area contributed by atoms with Crippen LogP contribution in [0.25, 0.3) is 0 Å². The third-order valence-electron chi connectivity index (χ3n) is 1.49. The van der Waals surface area contributed by atoms with Gasteiger partial charge < -0.3 is 0 Å². The van der Waals surface area contributed by atoms with Gasteiger partial charge in [0.05, 0.1) is 0 Å². The van der Waals surface area contributed by atoms with Gasteiger partial charge in [-0.05, 0) is 12.8 Å². The SMILES string of the molecule is O=S(=O)(F)[C@H]1CC[C@H]1F. The molecule has 1 saturated carbocycles. The van der Waals surface area contributed by atoms with Crippen LogP contribution in [0, 0.1) is 0 Å². The standard InChI is InChI=1S/C4H6F2O2S/c5-3-1-2-4(3)9(6,7)8/h3-4H,1-2H2/t3-,4+/m1/s1. The summed E-state index contributed by atoms with van der Waals surface area (Å²) in [5.74, 6) is 0. The predicted molar refractivity (Wildman–Crippen MR) is 27.9 cm³/mol. The normalized spacial score (nSPS) is 35.8. The van der Waals surface area contributed by atoms with E-state index < -0.39 is 21.6 Å². The fourth-order valence-corrected chi connectivity index (χ4v) is 1.65. The van der Waals surface area contributed by atoms with Crippen molar-refractivity contribution in [2.75, 3.05) is 0 Å². The first kappa shape index (κ1) is 6.92. The minimum atomic E-state index is -4.59. The van der Waals surface area contributed by atoms with Crippen LogP contribution in [0.5, 0.6) is 0 Å². The lowest BCUT2D eigenvalue weighted by atomic mass is 9.97. The molecule has 2 atom stereocenters. The van der Waals surface area contributed by atoms with Crippen molar-refractivity contribution in [1.82, 2.24) is 0 Å². The Morgan fingerprint density at radius 3 is 1.89 bits per heavy atom. The van der Waals surface area contributed by atoms with Gasteiger partial charge in [-0.2, -0.15) is 8.42 Å². The van der Waals surface area contributed by atoms with Crippen LogP contribution >= 0.6 is 0 Å². The van der Waals surface area contributed by atoms with Crippen molar-refractivity contribution in [3.05, 3.63) is 0 Å². The van der Waals surface area contributed by atoms with E-state index in [-0.39, 0.29) is 12.8 Å². The molecule has 2 nitrogen and oxygen atoms in total. The topological polar surface area (TPSA) is 34.1 Å². The maximum Gasteiger partial charge on any atom is 0.308 e. The summed E-state index contributed by atoms with van der Waals surface area (Å²) in [5.41, 5.74) is 0. The van der Waals surface area contributed by atoms with E-state index in [0.29, 0.717) is 0 Å². The van der Waals surface area contributed by atoms with Crippen LogP contribution in [0.15, 0.2) is 0 Å². The highest BCUT2D eigenvalue weighted by molar-refractivity contribution is 7.87. The molecule has 0 aromatic heterocycles. The minimum absolute atomic E-state index is 0.125. The minimum Gasteiger partial charge on any atom is -0.246 e. The Balaban J connectivity index is 2.66. The highest BCUT2D eigenvalue weighted by Crippen LogP contribution is 2.30. The quantitative estimate of drug-likeness (QED) is 0.526. The molecule has 0 aliphatic heterocycles. The van der Waals surface area contributed by atoms with Crippen molar-refractivity contribution in [1.29, 1.82) is 0 Å². The fourth-order valence-electron chi connectivity index (χ4n) is 0.746. The van der Waals surface area contributed by atoms with Gasteiger partial charge in [-0.1, -0.05) is 0 Å². The molecule has 1 aliphatic rings. The Morgan fingerprint density at radius 2 is 1.89 bits per heavy atom. The van der Waals surface area contributed by atoms with Gasteiger partial charge in [0.15, 0.2) is 0 Å². The molecule has 54 valence electrons. The van der Waals surface area contributed by atoms with Crippen LogP contribution in [0.1, 0.15) is 12.8 Å². The first-order valence-corrected chi connectivity index (χ1v) is 4.04. The Labute approximate surface area is 52.1 Å². The first-order valence-electron chi connectivity index (χ1n) is 2.59. The van der Waals surface area contributed by atoms with Crippen LogP contribution in [-0.2, 0) is 10.2 Å². The second-order valence-electron chi connectivity index (χ2n) is 2.11. The summed E-state index contributed by atoms with van der Waals surface area (Å²) in [6, 6.07) is 0. The van der Waals surface area contributed by atoms with Gasteiger partial charge >= 0.3 is 10.2 Å². The second-order valence-corrected chi connectivity index (χ2v) is 3.66. The van der Waals surface area contributed by atoms with Gasteiger partial charge in [-0.15, -0.1) is 3.89 Å². The molecule has 0 unspecified atom stereocenters. The van der Waals surface area contributed by atoms with Crippen molar-refractivity contribution in [3.63, 3.8) is 0 Å². The Kier molecular flexibility index (Phi) is 1.46. The van der Waals surface area contributed by atoms with Gasteiger partial charge in [0.2, 0.25) is 0 Å². The molecule has 0 N–H and O–H groups in total. The second kappa shape index (κ2) is 1.90. The Morgan fingerprint density at radius 1 is 1.33 bits per heavy atom. The lowest BCUT2D eigenvalue weighted by Crippen LogP contribution is -2.38. The van der Waals surface area contributed by atoms with Crippen LogP contribution in [0.4, 0.5) is 8.28 Å². The van der Waals surface area contributed by atoms with E-state index in [1.54, 1.807) is 0 Å². The van der Waals surface area contributed by atoms with E-state index >= 15 is 0 Å². The highest BCUT2D eigenvalue weighted by atomic mass is 32.3. The maximum atomic E-state index is 12.1. The van der Waals surface area contributed by atoms with Crippen molar-refractivity contribution in [3.8, 4) is 0 Å². The first-order chi connectivity index (χ1) is 4.02. The molecule has 0 spiro atoms. The molecular formula is C4H6F2O2S. The van der Waals surface area contributed by atoms with Gasteiger partial charge in [0.1, 0.15) is 11.4 Å². The number of rotatable bonds is 1. The van der Waals surface area contributed by atoms with E-state index in [1.807, 2.05) is 0 Å². The Bertz CT molecular complexity index is 199. The molecule has 5 heteroatoms. The molecular weight excluding hydrogens is 150 g/mol. The summed E-state index contributed by atoms with van der Waals surface area (Å²) in [5, 5.41) is -1.36. The van der Waals surface area contributed by atoms with Crippen LogP contribution in [0.3, 0.4) is 0 Å². The number of alkyl halides is 1. The van der Waals surface area contributed by atoms with Gasteiger partial charge in [-0.3, -0.25) is 0 Å². The molecule has 0 amide bonds. The zero-order chi connectivity index (χ0) is 7.07. The van der Waals surface area contributed by atoms with Crippen molar-refractivity contribution < 1.29 is 16.7 Å². The highest BCUT2D eigenvalue weighted by Gasteiger charge is 2.41. The molecule has 1 fully saturated rings. The van der Waals surface area contributed by atoms with Gasteiger partial charge in [-0.25, -0.2) is 4.39 Å². The zero-order valence-electron chi connectivity index (χ0n) is 4.55. The molecule has 0 radical (unpaired) electrons.